The molecule has 0 aromatic heterocycles. The van der Waals surface area contributed by atoms with E-state index in [0.29, 0.717) is 4.90 Å². The smallest absolute Gasteiger partial charge is 0.240 e. The van der Waals surface area contributed by atoms with Crippen LogP contribution in [0.15, 0.2) is 29.2 Å². The average molecular weight is 286 g/mol. The molecule has 1 aromatic rings. The highest BCUT2D eigenvalue weighted by Crippen LogP contribution is 2.20. The van der Waals surface area contributed by atoms with E-state index >= 15 is 0 Å². The second-order valence-corrected chi connectivity index (χ2v) is 7.22. The molecule has 1 aliphatic rings. The summed E-state index contributed by atoms with van der Waals surface area (Å²) < 4.78 is 27.1. The van der Waals surface area contributed by atoms with Crippen LogP contribution in [0.25, 0.3) is 0 Å². The van der Waals surface area contributed by atoms with Crippen LogP contribution in [0.5, 0.6) is 0 Å². The lowest BCUT2D eigenvalue weighted by Gasteiger charge is -2.22. The molecule has 0 spiro atoms. The van der Waals surface area contributed by atoms with Crippen LogP contribution in [0.2, 0.25) is 0 Å². The van der Waals surface area contributed by atoms with Crippen molar-refractivity contribution in [2.24, 2.45) is 0 Å². The number of sulfonamides is 1. The zero-order chi connectivity index (χ0) is 13.0. The van der Waals surface area contributed by atoms with E-state index in [-0.39, 0.29) is 6.04 Å². The standard InChI is InChI=1S/C12H18N2O2S2/c1-13-10-2-4-12(5-3-10)18(15,16)14-11-6-8-17-9-7-11/h2-5,11,13-14H,6-9H2,1H3. The van der Waals surface area contributed by atoms with Gasteiger partial charge in [-0.05, 0) is 48.6 Å². The Hall–Kier alpha value is -0.720. The molecule has 0 unspecified atom stereocenters. The summed E-state index contributed by atoms with van der Waals surface area (Å²) in [6, 6.07) is 6.88. The number of hydrogen-bond donors (Lipinski definition) is 2. The molecule has 6 heteroatoms. The quantitative estimate of drug-likeness (QED) is 0.887. The number of nitrogens with one attached hydrogen (secondary N) is 2. The van der Waals surface area contributed by atoms with Crippen molar-refractivity contribution in [3.05, 3.63) is 24.3 Å². The highest BCUT2D eigenvalue weighted by molar-refractivity contribution is 7.99. The number of rotatable bonds is 4. The minimum absolute atomic E-state index is 0.0835. The van der Waals surface area contributed by atoms with Gasteiger partial charge in [0.05, 0.1) is 4.90 Å². The number of anilines is 1. The molecule has 4 nitrogen and oxygen atoms in total. The van der Waals surface area contributed by atoms with Crippen LogP contribution in [-0.2, 0) is 10.0 Å². The minimum Gasteiger partial charge on any atom is -0.388 e. The molecule has 1 fully saturated rings. The second kappa shape index (κ2) is 5.95. The average Bonchev–Trinajstić information content (AvgIpc) is 2.39. The maximum atomic E-state index is 12.2. The first-order chi connectivity index (χ1) is 8.62. The van der Waals surface area contributed by atoms with Crippen molar-refractivity contribution < 1.29 is 8.42 Å². The van der Waals surface area contributed by atoms with Crippen LogP contribution in [-0.4, -0.2) is 33.0 Å². The van der Waals surface area contributed by atoms with Crippen LogP contribution in [0.3, 0.4) is 0 Å². The second-order valence-electron chi connectivity index (χ2n) is 4.28. The van der Waals surface area contributed by atoms with Gasteiger partial charge in [-0.15, -0.1) is 0 Å². The van der Waals surface area contributed by atoms with E-state index in [1.807, 2.05) is 11.8 Å². The van der Waals surface area contributed by atoms with Gasteiger partial charge in [0, 0.05) is 18.8 Å². The fourth-order valence-corrected chi connectivity index (χ4v) is 4.32. The molecule has 1 aliphatic heterocycles. The van der Waals surface area contributed by atoms with E-state index < -0.39 is 10.0 Å². The molecule has 100 valence electrons. The highest BCUT2D eigenvalue weighted by Gasteiger charge is 2.21. The third-order valence-electron chi connectivity index (χ3n) is 3.00. The van der Waals surface area contributed by atoms with Gasteiger partial charge in [0.15, 0.2) is 0 Å². The zero-order valence-electron chi connectivity index (χ0n) is 10.3. The summed E-state index contributed by atoms with van der Waals surface area (Å²) >= 11 is 1.88. The summed E-state index contributed by atoms with van der Waals surface area (Å²) in [4.78, 5) is 0.333. The molecule has 0 atom stereocenters. The lowest BCUT2D eigenvalue weighted by Crippen LogP contribution is -2.37. The summed E-state index contributed by atoms with van der Waals surface area (Å²) in [5.41, 5.74) is 0.906. The lowest BCUT2D eigenvalue weighted by atomic mass is 10.2. The van der Waals surface area contributed by atoms with Gasteiger partial charge in [-0.3, -0.25) is 0 Å². The van der Waals surface area contributed by atoms with Crippen molar-refractivity contribution in [3.8, 4) is 0 Å². The number of benzene rings is 1. The first-order valence-corrected chi connectivity index (χ1v) is 8.63. The van der Waals surface area contributed by atoms with Gasteiger partial charge in [0.2, 0.25) is 10.0 Å². The highest BCUT2D eigenvalue weighted by atomic mass is 32.2. The summed E-state index contributed by atoms with van der Waals surface area (Å²) in [5, 5.41) is 2.97. The molecule has 0 bridgehead atoms. The zero-order valence-corrected chi connectivity index (χ0v) is 12.0. The summed E-state index contributed by atoms with van der Waals surface area (Å²) in [5.74, 6) is 2.07. The van der Waals surface area contributed by atoms with E-state index in [1.54, 1.807) is 31.3 Å². The van der Waals surface area contributed by atoms with E-state index in [0.717, 1.165) is 30.0 Å². The van der Waals surface area contributed by atoms with Crippen molar-refractivity contribution >= 4 is 27.5 Å². The van der Waals surface area contributed by atoms with Crippen molar-refractivity contribution in [1.29, 1.82) is 0 Å². The Labute approximate surface area is 113 Å². The fourth-order valence-electron chi connectivity index (χ4n) is 1.90. The molecule has 1 heterocycles. The SMILES string of the molecule is CNc1ccc(S(=O)(=O)NC2CCSCC2)cc1. The van der Waals surface area contributed by atoms with Crippen LogP contribution in [0, 0.1) is 0 Å². The van der Waals surface area contributed by atoms with Crippen LogP contribution in [0.1, 0.15) is 12.8 Å². The van der Waals surface area contributed by atoms with Gasteiger partial charge in [-0.2, -0.15) is 11.8 Å². The Morgan fingerprint density at radius 1 is 1.17 bits per heavy atom. The molecule has 1 saturated heterocycles. The minimum atomic E-state index is -3.37. The Kier molecular flexibility index (Phi) is 4.53. The lowest BCUT2D eigenvalue weighted by molar-refractivity contribution is 0.529. The summed E-state index contributed by atoms with van der Waals surface area (Å²) in [7, 11) is -1.56. The molecule has 1 aromatic carbocycles. The molecule has 0 saturated carbocycles. The third-order valence-corrected chi connectivity index (χ3v) is 5.58. The van der Waals surface area contributed by atoms with Gasteiger partial charge in [-0.1, -0.05) is 0 Å². The van der Waals surface area contributed by atoms with Gasteiger partial charge in [0.1, 0.15) is 0 Å². The van der Waals surface area contributed by atoms with E-state index in [9.17, 15) is 8.42 Å². The van der Waals surface area contributed by atoms with Crippen LogP contribution >= 0.6 is 11.8 Å². The topological polar surface area (TPSA) is 58.2 Å². The summed E-state index contributed by atoms with van der Waals surface area (Å²) in [6.07, 6.45) is 1.83. The molecule has 2 rings (SSSR count). The Morgan fingerprint density at radius 3 is 2.33 bits per heavy atom. The van der Waals surface area contributed by atoms with Crippen molar-refractivity contribution in [1.82, 2.24) is 4.72 Å². The number of hydrogen-bond acceptors (Lipinski definition) is 4. The Morgan fingerprint density at radius 2 is 1.78 bits per heavy atom. The fraction of sp³-hybridized carbons (Fsp3) is 0.500. The first-order valence-electron chi connectivity index (χ1n) is 6.00. The van der Waals surface area contributed by atoms with Gasteiger partial charge >= 0.3 is 0 Å². The van der Waals surface area contributed by atoms with E-state index in [4.69, 9.17) is 0 Å². The maximum Gasteiger partial charge on any atom is 0.240 e. The van der Waals surface area contributed by atoms with Crippen molar-refractivity contribution in [3.63, 3.8) is 0 Å². The molecule has 18 heavy (non-hydrogen) atoms. The maximum absolute atomic E-state index is 12.2. The predicted molar refractivity (Wildman–Crippen MR) is 76.7 cm³/mol. The molecule has 0 radical (unpaired) electrons. The normalized spacial score (nSPS) is 17.6. The third kappa shape index (κ3) is 3.40. The molecular weight excluding hydrogens is 268 g/mol. The number of thioether (sulfide) groups is 1. The van der Waals surface area contributed by atoms with Crippen molar-refractivity contribution in [2.75, 3.05) is 23.9 Å². The molecule has 0 amide bonds. The molecule has 0 aliphatic carbocycles. The van der Waals surface area contributed by atoms with Gasteiger partial charge < -0.3 is 5.32 Å². The van der Waals surface area contributed by atoms with E-state index in [2.05, 4.69) is 10.0 Å². The van der Waals surface area contributed by atoms with Gasteiger partial charge in [0.25, 0.3) is 0 Å². The Bertz CT molecular complexity index is 479. The largest absolute Gasteiger partial charge is 0.388 e. The summed E-state index contributed by atoms with van der Waals surface area (Å²) in [6.45, 7) is 0. The predicted octanol–water partition coefficient (Wildman–Crippen LogP) is 1.90. The first kappa shape index (κ1) is 13.7. The molecule has 2 N–H and O–H groups in total. The van der Waals surface area contributed by atoms with Crippen LogP contribution in [0.4, 0.5) is 5.69 Å². The van der Waals surface area contributed by atoms with Crippen molar-refractivity contribution in [2.45, 2.75) is 23.8 Å². The Balaban J connectivity index is 2.08. The van der Waals surface area contributed by atoms with E-state index in [1.165, 1.54) is 0 Å². The van der Waals surface area contributed by atoms with Gasteiger partial charge in [-0.25, -0.2) is 13.1 Å². The monoisotopic (exact) mass is 286 g/mol. The van der Waals surface area contributed by atoms with Crippen LogP contribution < -0.4 is 10.0 Å². The molecular formula is C12H18N2O2S2.